The zero-order chi connectivity index (χ0) is 11.4. The van der Waals surface area contributed by atoms with Crippen LogP contribution < -0.4 is 10.6 Å². The van der Waals surface area contributed by atoms with Crippen molar-refractivity contribution in [2.45, 2.75) is 51.5 Å². The molecule has 4 heteroatoms. The van der Waals surface area contributed by atoms with Gasteiger partial charge in [0.15, 0.2) is 0 Å². The molecule has 1 saturated carbocycles. The Labute approximate surface area is 111 Å². The molecule has 1 atom stereocenters. The third-order valence-electron chi connectivity index (χ3n) is 4.03. The Balaban J connectivity index is 0.00000144. The first-order valence-corrected chi connectivity index (χ1v) is 6.77. The number of amides is 1. The average molecular weight is 261 g/mol. The van der Waals surface area contributed by atoms with Crippen LogP contribution >= 0.6 is 12.4 Å². The predicted octanol–water partition coefficient (Wildman–Crippen LogP) is 2.10. The summed E-state index contributed by atoms with van der Waals surface area (Å²) < 4.78 is 0. The van der Waals surface area contributed by atoms with Crippen LogP contribution in [0, 0.1) is 11.8 Å². The zero-order valence-electron chi connectivity index (χ0n) is 10.7. The summed E-state index contributed by atoms with van der Waals surface area (Å²) in [5.41, 5.74) is 0. The SMILES string of the molecule is CC1CCC(NC(=O)C2CCCNC2)CC1.Cl. The van der Waals surface area contributed by atoms with E-state index in [-0.39, 0.29) is 24.2 Å². The second-order valence-electron chi connectivity index (χ2n) is 5.51. The molecule has 2 fully saturated rings. The summed E-state index contributed by atoms with van der Waals surface area (Å²) in [6.07, 6.45) is 7.09. The Hall–Kier alpha value is -0.280. The molecule has 0 radical (unpaired) electrons. The molecular weight excluding hydrogens is 236 g/mol. The maximum absolute atomic E-state index is 12.0. The standard InChI is InChI=1S/C13H24N2O.ClH/c1-10-4-6-12(7-5-10)15-13(16)11-3-2-8-14-9-11;/h10-12,14H,2-9H2,1H3,(H,15,16);1H. The Morgan fingerprint density at radius 3 is 2.47 bits per heavy atom. The first-order chi connectivity index (χ1) is 7.75. The molecule has 0 aromatic carbocycles. The number of piperidine rings is 1. The molecule has 1 amide bonds. The first kappa shape index (κ1) is 14.8. The van der Waals surface area contributed by atoms with Crippen molar-refractivity contribution in [1.82, 2.24) is 10.6 Å². The molecule has 1 saturated heterocycles. The molecule has 1 heterocycles. The Bertz CT molecular complexity index is 234. The monoisotopic (exact) mass is 260 g/mol. The van der Waals surface area contributed by atoms with Crippen LogP contribution in [0.1, 0.15) is 45.4 Å². The fourth-order valence-corrected chi connectivity index (χ4v) is 2.80. The molecule has 2 rings (SSSR count). The van der Waals surface area contributed by atoms with Crippen molar-refractivity contribution >= 4 is 18.3 Å². The van der Waals surface area contributed by atoms with Gasteiger partial charge in [0.1, 0.15) is 0 Å². The van der Waals surface area contributed by atoms with Crippen LogP contribution in [-0.4, -0.2) is 25.0 Å². The summed E-state index contributed by atoms with van der Waals surface area (Å²) in [6.45, 7) is 4.25. The molecular formula is C13H25ClN2O. The van der Waals surface area contributed by atoms with Gasteiger partial charge in [0, 0.05) is 12.6 Å². The van der Waals surface area contributed by atoms with Crippen molar-refractivity contribution < 1.29 is 4.79 Å². The van der Waals surface area contributed by atoms with E-state index in [0.717, 1.165) is 31.8 Å². The van der Waals surface area contributed by atoms with Gasteiger partial charge in [-0.1, -0.05) is 6.92 Å². The second kappa shape index (κ2) is 7.22. The minimum atomic E-state index is 0. The van der Waals surface area contributed by atoms with Crippen LogP contribution in [-0.2, 0) is 4.79 Å². The summed E-state index contributed by atoms with van der Waals surface area (Å²) in [6, 6.07) is 0.450. The highest BCUT2D eigenvalue weighted by Crippen LogP contribution is 2.23. The lowest BCUT2D eigenvalue weighted by molar-refractivity contribution is -0.126. The van der Waals surface area contributed by atoms with Gasteiger partial charge in [-0.25, -0.2) is 0 Å². The Morgan fingerprint density at radius 2 is 1.88 bits per heavy atom. The minimum absolute atomic E-state index is 0. The fourth-order valence-electron chi connectivity index (χ4n) is 2.80. The number of carbonyl (C=O) groups excluding carboxylic acids is 1. The molecule has 0 aromatic rings. The number of carbonyl (C=O) groups is 1. The van der Waals surface area contributed by atoms with E-state index < -0.39 is 0 Å². The molecule has 1 aliphatic carbocycles. The third kappa shape index (κ3) is 4.47. The molecule has 0 spiro atoms. The van der Waals surface area contributed by atoms with E-state index in [4.69, 9.17) is 0 Å². The average Bonchev–Trinajstić information content (AvgIpc) is 2.33. The molecule has 1 unspecified atom stereocenters. The van der Waals surface area contributed by atoms with Gasteiger partial charge in [-0.05, 0) is 51.0 Å². The van der Waals surface area contributed by atoms with Crippen molar-refractivity contribution in [1.29, 1.82) is 0 Å². The van der Waals surface area contributed by atoms with Gasteiger partial charge >= 0.3 is 0 Å². The molecule has 0 bridgehead atoms. The smallest absolute Gasteiger partial charge is 0.224 e. The van der Waals surface area contributed by atoms with Gasteiger partial charge in [0.05, 0.1) is 5.92 Å². The predicted molar refractivity (Wildman–Crippen MR) is 72.4 cm³/mol. The van der Waals surface area contributed by atoms with E-state index in [1.165, 1.54) is 25.7 Å². The molecule has 17 heavy (non-hydrogen) atoms. The largest absolute Gasteiger partial charge is 0.353 e. The topological polar surface area (TPSA) is 41.1 Å². The van der Waals surface area contributed by atoms with Crippen LogP contribution in [0.4, 0.5) is 0 Å². The van der Waals surface area contributed by atoms with Gasteiger partial charge in [-0.2, -0.15) is 0 Å². The third-order valence-corrected chi connectivity index (χ3v) is 4.03. The number of rotatable bonds is 2. The highest BCUT2D eigenvalue weighted by Gasteiger charge is 2.25. The van der Waals surface area contributed by atoms with Crippen molar-refractivity contribution in [3.63, 3.8) is 0 Å². The van der Waals surface area contributed by atoms with Gasteiger partial charge < -0.3 is 10.6 Å². The van der Waals surface area contributed by atoms with E-state index in [9.17, 15) is 4.79 Å². The van der Waals surface area contributed by atoms with E-state index in [0.29, 0.717) is 6.04 Å². The van der Waals surface area contributed by atoms with Crippen LogP contribution in [0.15, 0.2) is 0 Å². The van der Waals surface area contributed by atoms with Gasteiger partial charge in [0.25, 0.3) is 0 Å². The lowest BCUT2D eigenvalue weighted by Gasteiger charge is -2.29. The van der Waals surface area contributed by atoms with Crippen molar-refractivity contribution in [2.24, 2.45) is 11.8 Å². The number of nitrogens with one attached hydrogen (secondary N) is 2. The lowest BCUT2D eigenvalue weighted by Crippen LogP contribution is -2.45. The van der Waals surface area contributed by atoms with Crippen molar-refractivity contribution in [3.8, 4) is 0 Å². The van der Waals surface area contributed by atoms with E-state index in [2.05, 4.69) is 17.6 Å². The summed E-state index contributed by atoms with van der Waals surface area (Å²) >= 11 is 0. The normalized spacial score (nSPS) is 33.6. The van der Waals surface area contributed by atoms with E-state index in [1.807, 2.05) is 0 Å². The number of halogens is 1. The van der Waals surface area contributed by atoms with Crippen LogP contribution in [0.2, 0.25) is 0 Å². The molecule has 1 aliphatic heterocycles. The van der Waals surface area contributed by atoms with Crippen LogP contribution in [0.3, 0.4) is 0 Å². The molecule has 2 N–H and O–H groups in total. The summed E-state index contributed by atoms with van der Waals surface area (Å²) in [4.78, 5) is 12.0. The van der Waals surface area contributed by atoms with Crippen LogP contribution in [0.5, 0.6) is 0 Å². The highest BCUT2D eigenvalue weighted by atomic mass is 35.5. The molecule has 2 aliphatic rings. The number of hydrogen-bond acceptors (Lipinski definition) is 2. The van der Waals surface area contributed by atoms with E-state index >= 15 is 0 Å². The Kier molecular flexibility index (Phi) is 6.28. The lowest BCUT2D eigenvalue weighted by atomic mass is 9.87. The minimum Gasteiger partial charge on any atom is -0.353 e. The maximum atomic E-state index is 12.0. The summed E-state index contributed by atoms with van der Waals surface area (Å²) in [5, 5.41) is 6.53. The maximum Gasteiger partial charge on any atom is 0.224 e. The molecule has 100 valence electrons. The summed E-state index contributed by atoms with van der Waals surface area (Å²) in [7, 11) is 0. The highest BCUT2D eigenvalue weighted by molar-refractivity contribution is 5.85. The van der Waals surface area contributed by atoms with Gasteiger partial charge in [-0.15, -0.1) is 12.4 Å². The van der Waals surface area contributed by atoms with Crippen molar-refractivity contribution in [2.75, 3.05) is 13.1 Å². The number of hydrogen-bond donors (Lipinski definition) is 2. The zero-order valence-corrected chi connectivity index (χ0v) is 11.5. The summed E-state index contributed by atoms with van der Waals surface area (Å²) in [5.74, 6) is 1.35. The van der Waals surface area contributed by atoms with E-state index in [1.54, 1.807) is 0 Å². The Morgan fingerprint density at radius 1 is 1.18 bits per heavy atom. The van der Waals surface area contributed by atoms with Gasteiger partial charge in [-0.3, -0.25) is 4.79 Å². The molecule has 0 aromatic heterocycles. The van der Waals surface area contributed by atoms with Crippen molar-refractivity contribution in [3.05, 3.63) is 0 Å². The van der Waals surface area contributed by atoms with Crippen LogP contribution in [0.25, 0.3) is 0 Å². The van der Waals surface area contributed by atoms with Gasteiger partial charge in [0.2, 0.25) is 5.91 Å². The fraction of sp³-hybridized carbons (Fsp3) is 0.923. The second-order valence-corrected chi connectivity index (χ2v) is 5.51. The quantitative estimate of drug-likeness (QED) is 0.799. The molecule has 3 nitrogen and oxygen atoms in total. The first-order valence-electron chi connectivity index (χ1n) is 6.77.